The molecule has 0 aromatic heterocycles. The van der Waals surface area contributed by atoms with Crippen LogP contribution in [0.15, 0.2) is 11.6 Å². The fraction of sp³-hybridized carbons (Fsp3) is 0.897. The normalized spacial score (nSPS) is 36.4. The van der Waals surface area contributed by atoms with Gasteiger partial charge in [0.05, 0.1) is 24.6 Å². The van der Waals surface area contributed by atoms with Gasteiger partial charge in [-0.25, -0.2) is 0 Å². The maximum Gasteiger partial charge on any atom is 2.00 e. The summed E-state index contributed by atoms with van der Waals surface area (Å²) in [6.07, 6.45) is 21.5. The van der Waals surface area contributed by atoms with E-state index in [1.807, 2.05) is 0 Å². The largest absolute Gasteiger partial charge is 2.00 e. The smallest absolute Gasteiger partial charge is 0.549 e. The van der Waals surface area contributed by atoms with Crippen molar-refractivity contribution < 1.29 is 45.6 Å². The molecule has 8 nitrogen and oxygen atoms in total. The average molecular weight is 853 g/mol. The number of hydrogen-bond acceptors (Lipinski definition) is 8. The van der Waals surface area contributed by atoms with E-state index in [1.54, 1.807) is 5.57 Å². The van der Waals surface area contributed by atoms with Crippen molar-refractivity contribution in [3.63, 3.8) is 0 Å². The number of carbonyl (C=O) groups is 2. The molecule has 0 aromatic carbocycles. The minimum atomic E-state index is -1.29. The van der Waals surface area contributed by atoms with Crippen LogP contribution in [0, 0.1) is 46.3 Å². The van der Waals surface area contributed by atoms with Crippen LogP contribution < -0.4 is 21.7 Å². The first kappa shape index (κ1) is 41.6. The summed E-state index contributed by atoms with van der Waals surface area (Å²) < 4.78 is 6.17. The molecule has 5 aliphatic rings. The van der Waals surface area contributed by atoms with Gasteiger partial charge in [0.1, 0.15) is 0 Å². The molecular weight excluding hydrogens is 786 g/mol. The number of aliphatic carboxylic acids is 2. The summed E-state index contributed by atoms with van der Waals surface area (Å²) in [5, 5.41) is 21.9. The predicted octanol–water partition coefficient (Wildman–Crippen LogP) is 4.43. The fourth-order valence-corrected chi connectivity index (χ4v) is 10.9. The number of nitrogens with two attached hydrogens (primary N) is 2. The van der Waals surface area contributed by atoms with E-state index < -0.39 is 25.0 Å². The Morgan fingerprint density at radius 1 is 0.917 bits per heavy atom. The molecular formula is C39H67N3O5Pt. The molecule has 0 bridgehead atoms. The van der Waals surface area contributed by atoms with Crippen LogP contribution in [0.25, 0.3) is 0 Å². The summed E-state index contributed by atoms with van der Waals surface area (Å²) in [5.74, 6) is 2.39. The molecule has 0 amide bonds. The Bertz CT molecular complexity index is 1050. The maximum absolute atomic E-state index is 11.0. The second-order valence-electron chi connectivity index (χ2n) is 17.1. The van der Waals surface area contributed by atoms with Crippen molar-refractivity contribution in [1.29, 1.82) is 0 Å². The van der Waals surface area contributed by atoms with E-state index in [0.717, 1.165) is 67.6 Å². The third kappa shape index (κ3) is 10.4. The average Bonchev–Trinajstić information content (AvgIpc) is 3.35. The van der Waals surface area contributed by atoms with Crippen LogP contribution in [0.3, 0.4) is 0 Å². The Balaban J connectivity index is 0.000000608. The van der Waals surface area contributed by atoms with E-state index in [-0.39, 0.29) is 51.2 Å². The van der Waals surface area contributed by atoms with Crippen LogP contribution >= 0.6 is 0 Å². The predicted molar refractivity (Wildman–Crippen MR) is 184 cm³/mol. The molecule has 4 saturated carbocycles. The van der Waals surface area contributed by atoms with Crippen molar-refractivity contribution in [2.24, 2.45) is 57.8 Å². The summed E-state index contributed by atoms with van der Waals surface area (Å²) in [6, 6.07) is 0.562. The van der Waals surface area contributed by atoms with Gasteiger partial charge in [0, 0.05) is 31.7 Å². The zero-order valence-electron chi connectivity index (χ0n) is 30.7. The van der Waals surface area contributed by atoms with Gasteiger partial charge in [-0.15, -0.1) is 0 Å². The molecule has 0 aromatic rings. The molecule has 5 rings (SSSR count). The third-order valence-electron chi connectivity index (χ3n) is 13.6. The van der Waals surface area contributed by atoms with Crippen molar-refractivity contribution in [3.05, 3.63) is 11.6 Å². The van der Waals surface area contributed by atoms with Gasteiger partial charge in [-0.2, -0.15) is 0 Å². The van der Waals surface area contributed by atoms with Crippen molar-refractivity contribution in [2.45, 2.75) is 149 Å². The Labute approximate surface area is 306 Å². The molecule has 10 atom stereocenters. The molecule has 278 valence electrons. The van der Waals surface area contributed by atoms with Crippen LogP contribution in [-0.4, -0.2) is 61.3 Å². The van der Waals surface area contributed by atoms with E-state index >= 15 is 0 Å². The monoisotopic (exact) mass is 852 g/mol. The standard InChI is InChI=1S/C33H55NO5.C6H14N2.Pt/c1-22(2)7-6-8-23(3)27-11-12-28-26-10-9-24-19-25(39-18-17-34(20-30(35)36)21-31(37)38)13-15-32(24,4)29(26)14-16-33(27,28)5;7-5-3-1-2-4-6(5)8;/h9,22-23,25-29H,6-8,10-21H2,1-5H3,(H,35,36)(H,37,38);5-6H,1-4,7-8H2;/q;;+2/p-2/t23-,25+,26+,27-,28+,29+,32+,33-;5-,6-;/m11./s1. The van der Waals surface area contributed by atoms with E-state index in [2.05, 4.69) is 40.7 Å². The second kappa shape index (κ2) is 18.6. The van der Waals surface area contributed by atoms with E-state index in [1.165, 1.54) is 69.1 Å². The minimum absolute atomic E-state index is 0. The fourth-order valence-electron chi connectivity index (χ4n) is 10.9. The number of hydrogen-bond donors (Lipinski definition) is 2. The first-order valence-corrected chi connectivity index (χ1v) is 19.2. The molecule has 0 heterocycles. The molecule has 0 spiro atoms. The number of carboxylic acid groups (broad SMARTS) is 2. The van der Waals surface area contributed by atoms with Gasteiger partial charge in [-0.3, -0.25) is 4.90 Å². The summed E-state index contributed by atoms with van der Waals surface area (Å²) in [4.78, 5) is 23.2. The van der Waals surface area contributed by atoms with E-state index in [9.17, 15) is 19.8 Å². The SMILES string of the molecule is CC(C)CCC[C@@H](C)[C@H]1CC[C@H]2[C@@H]3CC=C4C[C@@H](OCCN(CC(=O)[O-])CC(=O)[O-])CC[C@]4(C)[C@H]3CC[C@]12C.N[C@@H]1CCCC[C@H]1N.[Pt+2]. The Kier molecular flexibility index (Phi) is 16.2. The maximum atomic E-state index is 11.0. The minimum Gasteiger partial charge on any atom is -0.549 e. The Hall–Kier alpha value is -0.792. The van der Waals surface area contributed by atoms with Gasteiger partial charge in [0.2, 0.25) is 0 Å². The first-order chi connectivity index (χ1) is 22.2. The number of carbonyl (C=O) groups excluding carboxylic acids is 2. The van der Waals surface area contributed by atoms with Gasteiger partial charge < -0.3 is 36.0 Å². The van der Waals surface area contributed by atoms with Crippen molar-refractivity contribution in [3.8, 4) is 0 Å². The third-order valence-corrected chi connectivity index (χ3v) is 13.6. The van der Waals surface area contributed by atoms with E-state index in [4.69, 9.17) is 16.2 Å². The molecule has 9 heteroatoms. The Morgan fingerprint density at radius 2 is 1.56 bits per heavy atom. The number of ether oxygens (including phenoxy) is 1. The van der Waals surface area contributed by atoms with Crippen LogP contribution in [-0.2, 0) is 35.4 Å². The van der Waals surface area contributed by atoms with Crippen LogP contribution in [0.5, 0.6) is 0 Å². The molecule has 4 N–H and O–H groups in total. The summed E-state index contributed by atoms with van der Waals surface area (Å²) >= 11 is 0. The molecule has 5 aliphatic carbocycles. The molecule has 48 heavy (non-hydrogen) atoms. The van der Waals surface area contributed by atoms with Crippen molar-refractivity contribution in [2.75, 3.05) is 26.2 Å². The zero-order chi connectivity index (χ0) is 34.4. The topological polar surface area (TPSA) is 145 Å². The summed E-state index contributed by atoms with van der Waals surface area (Å²) in [6.45, 7) is 12.1. The quantitative estimate of drug-likeness (QED) is 0.259. The molecule has 0 aliphatic heterocycles. The van der Waals surface area contributed by atoms with E-state index in [0.29, 0.717) is 12.0 Å². The zero-order valence-corrected chi connectivity index (χ0v) is 32.9. The molecule has 0 unspecified atom stereocenters. The van der Waals surface area contributed by atoms with Crippen LogP contribution in [0.1, 0.15) is 131 Å². The van der Waals surface area contributed by atoms with Gasteiger partial charge in [0.15, 0.2) is 0 Å². The number of nitrogens with zero attached hydrogens (tertiary/aromatic N) is 1. The van der Waals surface area contributed by atoms with Gasteiger partial charge >= 0.3 is 21.1 Å². The number of rotatable bonds is 13. The second-order valence-corrected chi connectivity index (χ2v) is 17.1. The van der Waals surface area contributed by atoms with Crippen molar-refractivity contribution in [1.82, 2.24) is 4.90 Å². The van der Waals surface area contributed by atoms with Crippen LogP contribution in [0.4, 0.5) is 0 Å². The summed E-state index contributed by atoms with van der Waals surface area (Å²) in [7, 11) is 0. The van der Waals surface area contributed by atoms with Gasteiger partial charge in [0.25, 0.3) is 0 Å². The molecule has 0 saturated heterocycles. The number of allylic oxidation sites excluding steroid dienone is 1. The first-order valence-electron chi connectivity index (χ1n) is 19.2. The van der Waals surface area contributed by atoms with Gasteiger partial charge in [-0.1, -0.05) is 78.4 Å². The van der Waals surface area contributed by atoms with Crippen LogP contribution in [0.2, 0.25) is 0 Å². The van der Waals surface area contributed by atoms with Gasteiger partial charge in [-0.05, 0) is 111 Å². The van der Waals surface area contributed by atoms with Crippen molar-refractivity contribution >= 4 is 11.9 Å². The Morgan fingerprint density at radius 3 is 2.15 bits per heavy atom. The number of fused-ring (bicyclic) bond motifs is 5. The molecule has 0 radical (unpaired) electrons. The summed E-state index contributed by atoms with van der Waals surface area (Å²) in [5.41, 5.74) is 13.6. The molecule has 4 fully saturated rings. The number of carboxylic acids is 2.